The van der Waals surface area contributed by atoms with Gasteiger partial charge < -0.3 is 10.2 Å². The Balaban J connectivity index is 1.83. The van der Waals surface area contributed by atoms with Crippen LogP contribution < -0.4 is 5.32 Å². The molecule has 0 aromatic heterocycles. The first-order valence-corrected chi connectivity index (χ1v) is 6.76. The predicted octanol–water partition coefficient (Wildman–Crippen LogP) is 2.08. The lowest BCUT2D eigenvalue weighted by molar-refractivity contribution is 0.202. The highest BCUT2D eigenvalue weighted by molar-refractivity contribution is 7.99. The number of hydrogen-bond donors (Lipinski definition) is 1. The van der Waals surface area contributed by atoms with Crippen molar-refractivity contribution in [1.29, 1.82) is 0 Å². The average Bonchev–Trinajstić information content (AvgIpc) is 2.37. The topological polar surface area (TPSA) is 32.3 Å². The van der Waals surface area contributed by atoms with Crippen molar-refractivity contribution in [3.05, 3.63) is 35.6 Å². The van der Waals surface area contributed by atoms with Crippen LogP contribution in [0.3, 0.4) is 0 Å². The summed E-state index contributed by atoms with van der Waals surface area (Å²) in [6, 6.07) is 6.22. The second-order valence-electron chi connectivity index (χ2n) is 3.89. The molecule has 0 spiro atoms. The Bertz CT molecular complexity index is 394. The van der Waals surface area contributed by atoms with Gasteiger partial charge >= 0.3 is 6.03 Å². The lowest BCUT2D eigenvalue weighted by Gasteiger charge is -2.26. The smallest absolute Gasteiger partial charge is 0.317 e. The summed E-state index contributed by atoms with van der Waals surface area (Å²) in [6.45, 7) is 1.96. The van der Waals surface area contributed by atoms with E-state index in [-0.39, 0.29) is 11.8 Å². The number of amides is 2. The van der Waals surface area contributed by atoms with E-state index in [2.05, 4.69) is 5.32 Å². The minimum Gasteiger partial charge on any atom is -0.334 e. The van der Waals surface area contributed by atoms with Crippen LogP contribution in [0.2, 0.25) is 0 Å². The van der Waals surface area contributed by atoms with Gasteiger partial charge in [0.15, 0.2) is 0 Å². The van der Waals surface area contributed by atoms with E-state index >= 15 is 0 Å². The molecule has 1 saturated heterocycles. The monoisotopic (exact) mass is 254 g/mol. The van der Waals surface area contributed by atoms with Gasteiger partial charge in [0.25, 0.3) is 0 Å². The second kappa shape index (κ2) is 5.91. The first-order chi connectivity index (χ1) is 8.25. The predicted molar refractivity (Wildman–Crippen MR) is 67.5 cm³/mol. The highest BCUT2D eigenvalue weighted by Gasteiger charge is 2.15. The fourth-order valence-electron chi connectivity index (χ4n) is 1.70. The molecule has 1 heterocycles. The third-order valence-corrected chi connectivity index (χ3v) is 3.57. The van der Waals surface area contributed by atoms with Crippen molar-refractivity contribution >= 4 is 17.8 Å². The Hall–Kier alpha value is -1.23. The van der Waals surface area contributed by atoms with Crippen LogP contribution in [0.25, 0.3) is 0 Å². The fraction of sp³-hybridized carbons (Fsp3) is 0.417. The summed E-state index contributed by atoms with van der Waals surface area (Å²) in [5.41, 5.74) is 0.782. The molecule has 1 fully saturated rings. The van der Waals surface area contributed by atoms with Gasteiger partial charge in [-0.25, -0.2) is 9.18 Å². The van der Waals surface area contributed by atoms with Crippen LogP contribution in [-0.2, 0) is 6.54 Å². The van der Waals surface area contributed by atoms with Crippen LogP contribution in [0.4, 0.5) is 9.18 Å². The van der Waals surface area contributed by atoms with Gasteiger partial charge in [-0.15, -0.1) is 0 Å². The molecule has 5 heteroatoms. The number of carbonyl (C=O) groups is 1. The molecule has 0 unspecified atom stereocenters. The quantitative estimate of drug-likeness (QED) is 0.876. The molecule has 1 aromatic rings. The number of rotatable bonds is 2. The number of nitrogens with one attached hydrogen (secondary N) is 1. The van der Waals surface area contributed by atoms with E-state index in [1.807, 2.05) is 11.8 Å². The number of hydrogen-bond acceptors (Lipinski definition) is 2. The van der Waals surface area contributed by atoms with E-state index in [1.165, 1.54) is 12.1 Å². The molecule has 2 rings (SSSR count). The lowest BCUT2D eigenvalue weighted by atomic mass is 10.2. The Kier molecular flexibility index (Phi) is 4.25. The van der Waals surface area contributed by atoms with E-state index in [0.717, 1.165) is 30.2 Å². The van der Waals surface area contributed by atoms with Crippen LogP contribution in [0, 0.1) is 5.82 Å². The average molecular weight is 254 g/mol. The maximum absolute atomic E-state index is 12.9. The zero-order chi connectivity index (χ0) is 12.1. The summed E-state index contributed by atoms with van der Waals surface area (Å²) in [7, 11) is 0. The molecular formula is C12H15FN2OS. The van der Waals surface area contributed by atoms with Gasteiger partial charge in [0.05, 0.1) is 0 Å². The molecule has 0 radical (unpaired) electrons. The van der Waals surface area contributed by atoms with Gasteiger partial charge in [-0.1, -0.05) is 12.1 Å². The van der Waals surface area contributed by atoms with E-state index in [0.29, 0.717) is 6.54 Å². The Labute approximate surface area is 104 Å². The van der Waals surface area contributed by atoms with Crippen molar-refractivity contribution in [2.24, 2.45) is 0 Å². The number of urea groups is 1. The Morgan fingerprint density at radius 2 is 2.18 bits per heavy atom. The number of thioether (sulfide) groups is 1. The van der Waals surface area contributed by atoms with Crippen LogP contribution in [-0.4, -0.2) is 35.5 Å². The van der Waals surface area contributed by atoms with Crippen molar-refractivity contribution in [2.75, 3.05) is 24.6 Å². The van der Waals surface area contributed by atoms with E-state index in [1.54, 1.807) is 17.0 Å². The molecule has 0 atom stereocenters. The highest BCUT2D eigenvalue weighted by Crippen LogP contribution is 2.09. The number of halogens is 1. The molecule has 2 amide bonds. The summed E-state index contributed by atoms with van der Waals surface area (Å²) < 4.78 is 12.9. The fourth-order valence-corrected chi connectivity index (χ4v) is 2.61. The third-order valence-electron chi connectivity index (χ3n) is 2.63. The molecule has 1 aromatic carbocycles. The number of nitrogens with zero attached hydrogens (tertiary/aromatic N) is 1. The normalized spacial score (nSPS) is 15.7. The lowest BCUT2D eigenvalue weighted by Crippen LogP contribution is -2.44. The first-order valence-electron chi connectivity index (χ1n) is 5.60. The molecule has 1 aliphatic heterocycles. The van der Waals surface area contributed by atoms with E-state index < -0.39 is 0 Å². The maximum atomic E-state index is 12.9. The summed E-state index contributed by atoms with van der Waals surface area (Å²) in [6.07, 6.45) is 0. The third kappa shape index (κ3) is 3.63. The van der Waals surface area contributed by atoms with Crippen LogP contribution >= 0.6 is 11.8 Å². The first kappa shape index (κ1) is 12.2. The van der Waals surface area contributed by atoms with Gasteiger partial charge in [-0.3, -0.25) is 0 Å². The van der Waals surface area contributed by atoms with Crippen molar-refractivity contribution in [3.8, 4) is 0 Å². The van der Waals surface area contributed by atoms with Crippen molar-refractivity contribution < 1.29 is 9.18 Å². The largest absolute Gasteiger partial charge is 0.334 e. The zero-order valence-corrected chi connectivity index (χ0v) is 10.3. The Morgan fingerprint density at radius 3 is 2.88 bits per heavy atom. The number of carbonyl (C=O) groups excluding carboxylic acids is 1. The van der Waals surface area contributed by atoms with E-state index in [4.69, 9.17) is 0 Å². The van der Waals surface area contributed by atoms with Gasteiger partial charge in [0, 0.05) is 31.1 Å². The molecule has 0 aliphatic carbocycles. The summed E-state index contributed by atoms with van der Waals surface area (Å²) >= 11 is 1.86. The van der Waals surface area contributed by atoms with Crippen LogP contribution in [0.15, 0.2) is 24.3 Å². The van der Waals surface area contributed by atoms with Gasteiger partial charge in [-0.05, 0) is 17.7 Å². The summed E-state index contributed by atoms with van der Waals surface area (Å²) in [4.78, 5) is 13.6. The van der Waals surface area contributed by atoms with Crippen LogP contribution in [0.5, 0.6) is 0 Å². The standard InChI is InChI=1S/C12H15FN2OS/c13-11-3-1-2-10(8-11)9-14-12(16)15-4-6-17-7-5-15/h1-3,8H,4-7,9H2,(H,14,16). The van der Waals surface area contributed by atoms with Crippen molar-refractivity contribution in [3.63, 3.8) is 0 Å². The minimum atomic E-state index is -0.272. The molecule has 92 valence electrons. The van der Waals surface area contributed by atoms with Gasteiger partial charge in [-0.2, -0.15) is 11.8 Å². The molecular weight excluding hydrogens is 239 g/mol. The summed E-state index contributed by atoms with van der Waals surface area (Å²) in [5.74, 6) is 1.71. The molecule has 3 nitrogen and oxygen atoms in total. The summed E-state index contributed by atoms with van der Waals surface area (Å²) in [5, 5.41) is 2.81. The van der Waals surface area contributed by atoms with Gasteiger partial charge in [0.1, 0.15) is 5.82 Å². The van der Waals surface area contributed by atoms with Crippen molar-refractivity contribution in [2.45, 2.75) is 6.54 Å². The molecule has 0 saturated carbocycles. The molecule has 1 N–H and O–H groups in total. The highest BCUT2D eigenvalue weighted by atomic mass is 32.2. The number of benzene rings is 1. The van der Waals surface area contributed by atoms with E-state index in [9.17, 15) is 9.18 Å². The van der Waals surface area contributed by atoms with Crippen molar-refractivity contribution in [1.82, 2.24) is 10.2 Å². The molecule has 0 bridgehead atoms. The van der Waals surface area contributed by atoms with Crippen LogP contribution in [0.1, 0.15) is 5.56 Å². The zero-order valence-electron chi connectivity index (χ0n) is 9.49. The SMILES string of the molecule is O=C(NCc1cccc(F)c1)N1CCSCC1. The molecule has 1 aliphatic rings. The Morgan fingerprint density at radius 1 is 1.41 bits per heavy atom. The maximum Gasteiger partial charge on any atom is 0.317 e. The van der Waals surface area contributed by atoms with Gasteiger partial charge in [0.2, 0.25) is 0 Å². The molecule has 17 heavy (non-hydrogen) atoms. The second-order valence-corrected chi connectivity index (χ2v) is 5.11. The minimum absolute atomic E-state index is 0.0606.